The molecule has 2 N–H and O–H groups in total. The van der Waals surface area contributed by atoms with Crippen molar-refractivity contribution < 1.29 is 4.74 Å². The van der Waals surface area contributed by atoms with Crippen molar-refractivity contribution in [3.05, 3.63) is 0 Å². The van der Waals surface area contributed by atoms with Crippen molar-refractivity contribution in [2.45, 2.75) is 39.7 Å². The van der Waals surface area contributed by atoms with Gasteiger partial charge in [-0.15, -0.1) is 24.0 Å². The Bertz CT molecular complexity index is 287. The Kier molecular flexibility index (Phi) is 12.4. The van der Waals surface area contributed by atoms with Gasteiger partial charge < -0.3 is 15.4 Å². The monoisotopic (exact) mass is 412 g/mol. The molecule has 1 aliphatic rings. The van der Waals surface area contributed by atoms with Gasteiger partial charge in [-0.25, -0.2) is 0 Å². The number of aliphatic imine (C=N–C) groups is 1. The predicted molar refractivity (Wildman–Crippen MR) is 101 cm³/mol. The molecule has 0 bridgehead atoms. The van der Waals surface area contributed by atoms with Gasteiger partial charge in [-0.3, -0.25) is 9.89 Å². The molecule has 0 saturated carbocycles. The zero-order chi connectivity index (χ0) is 14.8. The summed E-state index contributed by atoms with van der Waals surface area (Å²) < 4.78 is 5.06. The average molecular weight is 412 g/mol. The molecule has 0 unspecified atom stereocenters. The SMILES string of the molecule is CCNC(=NC[C@H]1CCCN1CC(C)C)NCCOC.I. The smallest absolute Gasteiger partial charge is 0.191 e. The number of nitrogens with one attached hydrogen (secondary N) is 2. The molecule has 0 aromatic heterocycles. The van der Waals surface area contributed by atoms with Crippen molar-refractivity contribution in [2.24, 2.45) is 10.9 Å². The van der Waals surface area contributed by atoms with E-state index in [0.717, 1.165) is 31.5 Å². The molecule has 0 aromatic carbocycles. The molecule has 6 heteroatoms. The number of guanidine groups is 1. The molecule has 5 nitrogen and oxygen atoms in total. The summed E-state index contributed by atoms with van der Waals surface area (Å²) in [5.74, 6) is 1.63. The van der Waals surface area contributed by atoms with Crippen molar-refractivity contribution in [2.75, 3.05) is 46.4 Å². The molecule has 1 aliphatic heterocycles. The largest absolute Gasteiger partial charge is 0.383 e. The summed E-state index contributed by atoms with van der Waals surface area (Å²) in [6.07, 6.45) is 2.58. The second kappa shape index (κ2) is 12.5. The van der Waals surface area contributed by atoms with Crippen LogP contribution in [0.5, 0.6) is 0 Å². The van der Waals surface area contributed by atoms with E-state index < -0.39 is 0 Å². The fourth-order valence-corrected chi connectivity index (χ4v) is 2.62. The van der Waals surface area contributed by atoms with Gasteiger partial charge in [0.1, 0.15) is 0 Å². The van der Waals surface area contributed by atoms with Crippen LogP contribution in [0.1, 0.15) is 33.6 Å². The van der Waals surface area contributed by atoms with Crippen LogP contribution in [-0.4, -0.2) is 63.3 Å². The number of rotatable bonds is 8. The van der Waals surface area contributed by atoms with E-state index in [0.29, 0.717) is 12.6 Å². The third-order valence-corrected chi connectivity index (χ3v) is 3.50. The first-order chi connectivity index (χ1) is 9.67. The average Bonchev–Trinajstić information content (AvgIpc) is 2.82. The van der Waals surface area contributed by atoms with Gasteiger partial charge in [-0.05, 0) is 32.2 Å². The van der Waals surface area contributed by atoms with E-state index in [1.165, 1.54) is 25.9 Å². The lowest BCUT2D eigenvalue weighted by molar-refractivity contribution is 0.203. The van der Waals surface area contributed by atoms with E-state index in [-0.39, 0.29) is 24.0 Å². The number of ether oxygens (including phenoxy) is 1. The Morgan fingerprint density at radius 2 is 2.14 bits per heavy atom. The van der Waals surface area contributed by atoms with Crippen LogP contribution in [0.15, 0.2) is 4.99 Å². The molecule has 126 valence electrons. The normalized spacial score (nSPS) is 19.7. The fraction of sp³-hybridized carbons (Fsp3) is 0.933. The van der Waals surface area contributed by atoms with Crippen molar-refractivity contribution in [1.82, 2.24) is 15.5 Å². The van der Waals surface area contributed by atoms with Crippen LogP contribution in [0.2, 0.25) is 0 Å². The molecule has 0 amide bonds. The van der Waals surface area contributed by atoms with Gasteiger partial charge in [-0.1, -0.05) is 13.8 Å². The molecule has 1 rings (SSSR count). The maximum Gasteiger partial charge on any atom is 0.191 e. The molecule has 0 radical (unpaired) electrons. The summed E-state index contributed by atoms with van der Waals surface area (Å²) in [6, 6.07) is 0.607. The number of hydrogen-bond donors (Lipinski definition) is 2. The highest BCUT2D eigenvalue weighted by Gasteiger charge is 2.24. The predicted octanol–water partition coefficient (Wildman–Crippen LogP) is 1.93. The van der Waals surface area contributed by atoms with Crippen molar-refractivity contribution in [1.29, 1.82) is 0 Å². The van der Waals surface area contributed by atoms with Gasteiger partial charge in [-0.2, -0.15) is 0 Å². The lowest BCUT2D eigenvalue weighted by Crippen LogP contribution is -2.40. The van der Waals surface area contributed by atoms with Gasteiger partial charge in [0.05, 0.1) is 13.2 Å². The van der Waals surface area contributed by atoms with Crippen LogP contribution in [0, 0.1) is 5.92 Å². The standard InChI is InChI=1S/C15H32N4O.HI/c1-5-16-15(17-8-10-20-4)18-11-14-7-6-9-19(14)12-13(2)3;/h13-14H,5-12H2,1-4H3,(H2,16,17,18);1H/t14-;/m1./s1. The molecular weight excluding hydrogens is 379 g/mol. The van der Waals surface area contributed by atoms with E-state index in [1.54, 1.807) is 7.11 Å². The van der Waals surface area contributed by atoms with E-state index in [4.69, 9.17) is 9.73 Å². The van der Waals surface area contributed by atoms with E-state index >= 15 is 0 Å². The zero-order valence-corrected chi connectivity index (χ0v) is 16.4. The summed E-state index contributed by atoms with van der Waals surface area (Å²) in [4.78, 5) is 7.31. The molecule has 0 aliphatic carbocycles. The topological polar surface area (TPSA) is 48.9 Å². The van der Waals surface area contributed by atoms with Gasteiger partial charge in [0.2, 0.25) is 0 Å². The van der Waals surface area contributed by atoms with Crippen LogP contribution in [0.3, 0.4) is 0 Å². The number of halogens is 1. The summed E-state index contributed by atoms with van der Waals surface area (Å²) in [5.41, 5.74) is 0. The highest BCUT2D eigenvalue weighted by Crippen LogP contribution is 2.18. The second-order valence-electron chi connectivity index (χ2n) is 5.82. The zero-order valence-electron chi connectivity index (χ0n) is 14.0. The summed E-state index contributed by atoms with van der Waals surface area (Å²) in [7, 11) is 1.72. The molecular formula is C15H33IN4O. The first kappa shape index (κ1) is 20.9. The Morgan fingerprint density at radius 3 is 2.76 bits per heavy atom. The van der Waals surface area contributed by atoms with E-state index in [1.807, 2.05) is 0 Å². The molecule has 0 aromatic rings. The van der Waals surface area contributed by atoms with Gasteiger partial charge >= 0.3 is 0 Å². The fourth-order valence-electron chi connectivity index (χ4n) is 2.62. The van der Waals surface area contributed by atoms with Crippen LogP contribution in [0.4, 0.5) is 0 Å². The van der Waals surface area contributed by atoms with Crippen LogP contribution in [-0.2, 0) is 4.74 Å². The van der Waals surface area contributed by atoms with Gasteiger partial charge in [0, 0.05) is 32.8 Å². The molecule has 1 heterocycles. The van der Waals surface area contributed by atoms with Crippen molar-refractivity contribution in [3.63, 3.8) is 0 Å². The Balaban J connectivity index is 0.00000400. The number of likely N-dealkylation sites (tertiary alicyclic amines) is 1. The van der Waals surface area contributed by atoms with Gasteiger partial charge in [0.25, 0.3) is 0 Å². The highest BCUT2D eigenvalue weighted by atomic mass is 127. The molecule has 21 heavy (non-hydrogen) atoms. The third-order valence-electron chi connectivity index (χ3n) is 3.50. The maximum absolute atomic E-state index is 5.06. The Morgan fingerprint density at radius 1 is 1.38 bits per heavy atom. The first-order valence-corrected chi connectivity index (χ1v) is 7.92. The third kappa shape index (κ3) is 8.83. The summed E-state index contributed by atoms with van der Waals surface area (Å²) in [6.45, 7) is 12.3. The molecule has 1 saturated heterocycles. The maximum atomic E-state index is 5.06. The minimum Gasteiger partial charge on any atom is -0.383 e. The van der Waals surface area contributed by atoms with Gasteiger partial charge in [0.15, 0.2) is 5.96 Å². The molecule has 1 atom stereocenters. The highest BCUT2D eigenvalue weighted by molar-refractivity contribution is 14.0. The Labute approximate surface area is 147 Å². The number of hydrogen-bond acceptors (Lipinski definition) is 3. The van der Waals surface area contributed by atoms with Crippen LogP contribution in [0.25, 0.3) is 0 Å². The Hall–Kier alpha value is -0.0800. The number of nitrogens with zero attached hydrogens (tertiary/aromatic N) is 2. The first-order valence-electron chi connectivity index (χ1n) is 7.92. The minimum atomic E-state index is 0. The van der Waals surface area contributed by atoms with Crippen LogP contribution >= 0.6 is 24.0 Å². The van der Waals surface area contributed by atoms with Crippen LogP contribution < -0.4 is 10.6 Å². The quantitative estimate of drug-likeness (QED) is 0.277. The van der Waals surface area contributed by atoms with Crippen molar-refractivity contribution in [3.8, 4) is 0 Å². The lowest BCUT2D eigenvalue weighted by Gasteiger charge is -2.25. The minimum absolute atomic E-state index is 0. The van der Waals surface area contributed by atoms with E-state index in [9.17, 15) is 0 Å². The van der Waals surface area contributed by atoms with Crippen molar-refractivity contribution >= 4 is 29.9 Å². The number of methoxy groups -OCH3 is 1. The summed E-state index contributed by atoms with van der Waals surface area (Å²) in [5, 5.41) is 6.58. The molecule has 1 fully saturated rings. The second-order valence-corrected chi connectivity index (χ2v) is 5.82. The molecule has 0 spiro atoms. The lowest BCUT2D eigenvalue weighted by atomic mass is 10.2. The summed E-state index contributed by atoms with van der Waals surface area (Å²) >= 11 is 0. The van der Waals surface area contributed by atoms with E-state index in [2.05, 4.69) is 36.3 Å².